The Morgan fingerprint density at radius 1 is 1.19 bits per heavy atom. The third kappa shape index (κ3) is 6.65. The van der Waals surface area contributed by atoms with E-state index in [1.807, 2.05) is 39.0 Å². The van der Waals surface area contributed by atoms with Crippen molar-refractivity contribution in [2.45, 2.75) is 45.5 Å². The van der Waals surface area contributed by atoms with Crippen LogP contribution in [0.1, 0.15) is 37.2 Å². The highest BCUT2D eigenvalue weighted by Gasteiger charge is 2.25. The molecule has 0 radical (unpaired) electrons. The van der Waals surface area contributed by atoms with Gasteiger partial charge in [-0.2, -0.15) is 0 Å². The Labute approximate surface area is 155 Å². The molecular weight excluding hydrogens is 352 g/mol. The van der Waals surface area contributed by atoms with Gasteiger partial charge < -0.3 is 9.73 Å². The summed E-state index contributed by atoms with van der Waals surface area (Å²) in [5.41, 5.74) is 1.68. The summed E-state index contributed by atoms with van der Waals surface area (Å²) in [5.74, 6) is 0.262. The lowest BCUT2D eigenvalue weighted by molar-refractivity contribution is -0.123. The van der Waals surface area contributed by atoms with Crippen LogP contribution in [0.2, 0.25) is 0 Å². The van der Waals surface area contributed by atoms with Crippen molar-refractivity contribution >= 4 is 15.9 Å². The molecule has 0 fully saturated rings. The van der Waals surface area contributed by atoms with Crippen LogP contribution >= 0.6 is 0 Å². The van der Waals surface area contributed by atoms with Crippen LogP contribution in [0.5, 0.6) is 0 Å². The molecule has 0 saturated carbocycles. The van der Waals surface area contributed by atoms with E-state index in [2.05, 4.69) is 10.0 Å². The molecular formula is C19H26N2O4S. The number of sulfonamides is 1. The summed E-state index contributed by atoms with van der Waals surface area (Å²) in [6, 6.07) is 9.99. The Balaban J connectivity index is 2.03. The Bertz CT molecular complexity index is 814. The van der Waals surface area contributed by atoms with Crippen molar-refractivity contribution in [1.82, 2.24) is 10.0 Å². The van der Waals surface area contributed by atoms with Gasteiger partial charge in [-0.15, -0.1) is 0 Å². The zero-order chi connectivity index (χ0) is 19.2. The molecule has 26 heavy (non-hydrogen) atoms. The van der Waals surface area contributed by atoms with Gasteiger partial charge in [0.25, 0.3) is 0 Å². The lowest BCUT2D eigenvalue weighted by Crippen LogP contribution is -2.47. The summed E-state index contributed by atoms with van der Waals surface area (Å²) >= 11 is 0. The van der Waals surface area contributed by atoms with Crippen molar-refractivity contribution < 1.29 is 17.6 Å². The first-order valence-corrected chi connectivity index (χ1v) is 10.3. The summed E-state index contributed by atoms with van der Waals surface area (Å²) in [6.45, 7) is 6.02. The minimum absolute atomic E-state index is 0.158. The van der Waals surface area contributed by atoms with Gasteiger partial charge >= 0.3 is 0 Å². The number of benzene rings is 1. The van der Waals surface area contributed by atoms with Crippen LogP contribution in [0.4, 0.5) is 0 Å². The second-order valence-electron chi connectivity index (χ2n) is 6.85. The highest BCUT2D eigenvalue weighted by molar-refractivity contribution is 7.88. The van der Waals surface area contributed by atoms with Crippen LogP contribution in [0.15, 0.2) is 47.1 Å². The first-order chi connectivity index (χ1) is 12.2. The van der Waals surface area contributed by atoms with E-state index in [0.717, 1.165) is 5.56 Å². The summed E-state index contributed by atoms with van der Waals surface area (Å²) in [6.07, 6.45) is 1.94. The highest BCUT2D eigenvalue weighted by Crippen LogP contribution is 2.11. The molecule has 0 aliphatic carbocycles. The molecule has 2 N–H and O–H groups in total. The molecule has 6 nitrogen and oxygen atoms in total. The fraction of sp³-hybridized carbons (Fsp3) is 0.421. The van der Waals surface area contributed by atoms with Gasteiger partial charge in [0.05, 0.1) is 18.6 Å². The van der Waals surface area contributed by atoms with E-state index in [0.29, 0.717) is 17.7 Å². The van der Waals surface area contributed by atoms with Crippen LogP contribution in [0, 0.1) is 12.8 Å². The number of hydrogen-bond acceptors (Lipinski definition) is 4. The lowest BCUT2D eigenvalue weighted by atomic mass is 10.0. The number of carbonyl (C=O) groups is 1. The van der Waals surface area contributed by atoms with Gasteiger partial charge in [0.15, 0.2) is 0 Å². The molecule has 0 bridgehead atoms. The van der Waals surface area contributed by atoms with Gasteiger partial charge in [-0.1, -0.05) is 43.7 Å². The average molecular weight is 378 g/mol. The maximum absolute atomic E-state index is 12.5. The van der Waals surface area contributed by atoms with Crippen LogP contribution in [0.25, 0.3) is 0 Å². The van der Waals surface area contributed by atoms with Crippen molar-refractivity contribution in [3.63, 3.8) is 0 Å². The second-order valence-corrected chi connectivity index (χ2v) is 8.60. The van der Waals surface area contributed by atoms with Gasteiger partial charge in [-0.25, -0.2) is 13.1 Å². The van der Waals surface area contributed by atoms with E-state index in [4.69, 9.17) is 4.42 Å². The van der Waals surface area contributed by atoms with Gasteiger partial charge in [0.1, 0.15) is 11.8 Å². The zero-order valence-corrected chi connectivity index (χ0v) is 16.2. The number of rotatable bonds is 9. The van der Waals surface area contributed by atoms with Gasteiger partial charge in [0.2, 0.25) is 15.9 Å². The lowest BCUT2D eigenvalue weighted by Gasteiger charge is -2.20. The summed E-state index contributed by atoms with van der Waals surface area (Å²) < 4.78 is 32.8. The molecule has 1 aromatic carbocycles. The largest absolute Gasteiger partial charge is 0.467 e. The summed E-state index contributed by atoms with van der Waals surface area (Å²) in [7, 11) is -3.65. The molecule has 1 aromatic heterocycles. The zero-order valence-electron chi connectivity index (χ0n) is 15.4. The van der Waals surface area contributed by atoms with Crippen LogP contribution in [-0.4, -0.2) is 20.4 Å². The van der Waals surface area contributed by atoms with Crippen molar-refractivity contribution in [2.75, 3.05) is 0 Å². The Morgan fingerprint density at radius 2 is 1.96 bits per heavy atom. The van der Waals surface area contributed by atoms with Crippen molar-refractivity contribution in [2.24, 2.45) is 5.92 Å². The van der Waals surface area contributed by atoms with Gasteiger partial charge in [-0.05, 0) is 37.0 Å². The molecule has 7 heteroatoms. The summed E-state index contributed by atoms with van der Waals surface area (Å²) in [4.78, 5) is 12.5. The second kappa shape index (κ2) is 9.00. The van der Waals surface area contributed by atoms with Crippen LogP contribution in [-0.2, 0) is 27.1 Å². The normalized spacial score (nSPS) is 12.9. The van der Waals surface area contributed by atoms with Gasteiger partial charge in [0, 0.05) is 0 Å². The van der Waals surface area contributed by atoms with E-state index in [1.54, 1.807) is 18.2 Å². The monoisotopic (exact) mass is 378 g/mol. The van der Waals surface area contributed by atoms with E-state index < -0.39 is 16.1 Å². The predicted octanol–water partition coefficient (Wildman–Crippen LogP) is 2.74. The van der Waals surface area contributed by atoms with Crippen LogP contribution < -0.4 is 10.0 Å². The van der Waals surface area contributed by atoms with E-state index in [1.165, 1.54) is 6.26 Å². The number of hydrogen-bond donors (Lipinski definition) is 2. The minimum Gasteiger partial charge on any atom is -0.467 e. The first-order valence-electron chi connectivity index (χ1n) is 8.61. The number of nitrogens with one attached hydrogen (secondary N) is 2. The molecule has 2 aromatic rings. The molecule has 1 amide bonds. The topological polar surface area (TPSA) is 88.4 Å². The molecule has 142 valence electrons. The molecule has 0 spiro atoms. The summed E-state index contributed by atoms with van der Waals surface area (Å²) in [5, 5.41) is 2.73. The smallest absolute Gasteiger partial charge is 0.238 e. The van der Waals surface area contributed by atoms with E-state index in [-0.39, 0.29) is 24.1 Å². The Kier molecular flexibility index (Phi) is 6.99. The minimum atomic E-state index is -3.65. The van der Waals surface area contributed by atoms with Crippen molar-refractivity contribution in [3.8, 4) is 0 Å². The molecule has 0 aliphatic heterocycles. The standard InChI is InChI=1S/C19H26N2O4S/c1-14(2)10-18(19(22)20-12-17-8-5-9-25-17)21-26(23,24)13-16-7-4-6-15(3)11-16/h4-9,11,14,18,21H,10,12-13H2,1-3H3,(H,20,22)/t18-/m0/s1. The molecule has 0 saturated heterocycles. The maximum atomic E-state index is 12.5. The number of aryl methyl sites for hydroxylation is 1. The third-order valence-corrected chi connectivity index (χ3v) is 5.16. The molecule has 0 unspecified atom stereocenters. The molecule has 0 aliphatic rings. The van der Waals surface area contributed by atoms with Crippen LogP contribution in [0.3, 0.4) is 0 Å². The average Bonchev–Trinajstić information content (AvgIpc) is 3.04. The number of carbonyl (C=O) groups excluding carboxylic acids is 1. The van der Waals surface area contributed by atoms with Crippen molar-refractivity contribution in [3.05, 3.63) is 59.5 Å². The molecule has 2 rings (SSSR count). The SMILES string of the molecule is Cc1cccc(CS(=O)(=O)N[C@@H](CC(C)C)C(=O)NCc2ccco2)c1. The fourth-order valence-electron chi connectivity index (χ4n) is 2.67. The third-order valence-electron chi connectivity index (χ3n) is 3.80. The fourth-order valence-corrected chi connectivity index (χ4v) is 4.01. The van der Waals surface area contributed by atoms with Gasteiger partial charge in [-0.3, -0.25) is 4.79 Å². The highest BCUT2D eigenvalue weighted by atomic mass is 32.2. The number of amides is 1. The van der Waals surface area contributed by atoms with Crippen molar-refractivity contribution in [1.29, 1.82) is 0 Å². The Morgan fingerprint density at radius 3 is 2.58 bits per heavy atom. The maximum Gasteiger partial charge on any atom is 0.238 e. The quantitative estimate of drug-likeness (QED) is 0.702. The molecule has 1 heterocycles. The number of furan rings is 1. The molecule has 1 atom stereocenters. The Hall–Kier alpha value is -2.12. The first kappa shape index (κ1) is 20.2. The van der Waals surface area contributed by atoms with E-state index in [9.17, 15) is 13.2 Å². The predicted molar refractivity (Wildman–Crippen MR) is 101 cm³/mol. The van der Waals surface area contributed by atoms with E-state index >= 15 is 0 Å².